The van der Waals surface area contributed by atoms with Crippen LogP contribution < -0.4 is 15.0 Å². The number of pyridine rings is 1. The van der Waals surface area contributed by atoms with Gasteiger partial charge in [0.15, 0.2) is 6.61 Å². The number of benzene rings is 2. The van der Waals surface area contributed by atoms with Gasteiger partial charge in [-0.05, 0) is 42.3 Å². The second-order valence-corrected chi connectivity index (χ2v) is 7.61. The molecule has 6 heteroatoms. The zero-order valence-corrected chi connectivity index (χ0v) is 16.3. The molecule has 0 radical (unpaired) electrons. The molecule has 6 nitrogen and oxygen atoms in total. The van der Waals surface area contributed by atoms with E-state index >= 15 is 0 Å². The Morgan fingerprint density at radius 1 is 1.00 bits per heavy atom. The molecule has 0 unspecified atom stereocenters. The maximum atomic E-state index is 11.5. The Hall–Kier alpha value is -3.12. The van der Waals surface area contributed by atoms with Gasteiger partial charge in [-0.2, -0.15) is 0 Å². The average Bonchev–Trinajstić information content (AvgIpc) is 2.77. The molecule has 2 aliphatic rings. The molecule has 1 saturated heterocycles. The smallest absolute Gasteiger partial charge is 0.262 e. The Morgan fingerprint density at radius 2 is 1.86 bits per heavy atom. The summed E-state index contributed by atoms with van der Waals surface area (Å²) < 4.78 is 5.43. The van der Waals surface area contributed by atoms with E-state index in [4.69, 9.17) is 9.72 Å². The topological polar surface area (TPSA) is 57.7 Å². The molecule has 1 aromatic heterocycles. The second kappa shape index (κ2) is 7.72. The fourth-order valence-corrected chi connectivity index (χ4v) is 4.00. The van der Waals surface area contributed by atoms with Crippen molar-refractivity contribution in [3.05, 3.63) is 60.2 Å². The predicted molar refractivity (Wildman–Crippen MR) is 115 cm³/mol. The largest absolute Gasteiger partial charge is 0.482 e. The van der Waals surface area contributed by atoms with E-state index in [9.17, 15) is 4.79 Å². The Kier molecular flexibility index (Phi) is 4.77. The summed E-state index contributed by atoms with van der Waals surface area (Å²) in [6, 6.07) is 18.6. The highest BCUT2D eigenvalue weighted by molar-refractivity contribution is 5.95. The number of hydrogen-bond acceptors (Lipinski definition) is 5. The number of ether oxygens (including phenoxy) is 1. The average molecular weight is 388 g/mol. The number of carbonyl (C=O) groups is 1. The predicted octanol–water partition coefficient (Wildman–Crippen LogP) is 2.93. The first-order valence-corrected chi connectivity index (χ1v) is 10.1. The zero-order chi connectivity index (χ0) is 19.6. The van der Waals surface area contributed by atoms with Crippen molar-refractivity contribution in [3.8, 4) is 5.75 Å². The molecule has 0 atom stereocenters. The molecule has 3 heterocycles. The van der Waals surface area contributed by atoms with Crippen molar-refractivity contribution < 1.29 is 9.53 Å². The molecular weight excluding hydrogens is 364 g/mol. The molecule has 5 rings (SSSR count). The van der Waals surface area contributed by atoms with Crippen molar-refractivity contribution in [1.29, 1.82) is 0 Å². The molecule has 0 bridgehead atoms. The van der Waals surface area contributed by atoms with Gasteiger partial charge in [-0.15, -0.1) is 0 Å². The van der Waals surface area contributed by atoms with E-state index in [1.807, 2.05) is 24.3 Å². The summed E-state index contributed by atoms with van der Waals surface area (Å²) in [4.78, 5) is 21.2. The number of amides is 1. The third kappa shape index (κ3) is 3.89. The van der Waals surface area contributed by atoms with E-state index in [2.05, 4.69) is 45.4 Å². The minimum Gasteiger partial charge on any atom is -0.482 e. The van der Waals surface area contributed by atoms with Crippen molar-refractivity contribution in [2.24, 2.45) is 0 Å². The highest BCUT2D eigenvalue weighted by atomic mass is 16.5. The van der Waals surface area contributed by atoms with Gasteiger partial charge in [0.05, 0.1) is 11.2 Å². The van der Waals surface area contributed by atoms with Gasteiger partial charge >= 0.3 is 0 Å². The number of nitrogens with zero attached hydrogens (tertiary/aromatic N) is 3. The fourth-order valence-electron chi connectivity index (χ4n) is 4.00. The number of hydrogen-bond donors (Lipinski definition) is 1. The van der Waals surface area contributed by atoms with Gasteiger partial charge in [0.1, 0.15) is 11.6 Å². The van der Waals surface area contributed by atoms with Crippen molar-refractivity contribution in [1.82, 2.24) is 9.88 Å². The van der Waals surface area contributed by atoms with E-state index in [1.54, 1.807) is 0 Å². The first-order valence-electron chi connectivity index (χ1n) is 10.1. The van der Waals surface area contributed by atoms with Crippen LogP contribution >= 0.6 is 0 Å². The summed E-state index contributed by atoms with van der Waals surface area (Å²) in [6.45, 7) is 5.13. The summed E-state index contributed by atoms with van der Waals surface area (Å²) in [5.74, 6) is 1.73. The maximum Gasteiger partial charge on any atom is 0.262 e. The monoisotopic (exact) mass is 388 g/mol. The van der Waals surface area contributed by atoms with Crippen LogP contribution in [0.2, 0.25) is 0 Å². The van der Waals surface area contributed by atoms with Crippen LogP contribution in [0.3, 0.4) is 0 Å². The Bertz CT molecular complexity index is 1040. The second-order valence-electron chi connectivity index (χ2n) is 7.61. The van der Waals surface area contributed by atoms with E-state index in [0.29, 0.717) is 0 Å². The first kappa shape index (κ1) is 17.9. The summed E-state index contributed by atoms with van der Waals surface area (Å²) in [5, 5.41) is 4.07. The normalized spacial score (nSPS) is 17.0. The van der Waals surface area contributed by atoms with Crippen LogP contribution in [0.5, 0.6) is 5.75 Å². The summed E-state index contributed by atoms with van der Waals surface area (Å²) in [6.07, 6.45) is 0.956. The molecule has 148 valence electrons. The number of para-hydroxylation sites is 1. The third-order valence-electron chi connectivity index (χ3n) is 5.67. The first-order chi connectivity index (χ1) is 14.2. The van der Waals surface area contributed by atoms with E-state index in [-0.39, 0.29) is 12.5 Å². The zero-order valence-electron chi connectivity index (χ0n) is 16.3. The number of rotatable bonds is 4. The van der Waals surface area contributed by atoms with Gasteiger partial charge in [0.2, 0.25) is 0 Å². The molecule has 0 spiro atoms. The number of anilines is 2. The lowest BCUT2D eigenvalue weighted by Gasteiger charge is -2.35. The Morgan fingerprint density at radius 3 is 2.76 bits per heavy atom. The van der Waals surface area contributed by atoms with Gasteiger partial charge in [-0.25, -0.2) is 4.98 Å². The van der Waals surface area contributed by atoms with E-state index in [0.717, 1.165) is 61.9 Å². The fraction of sp³-hybridized carbons (Fsp3) is 0.304. The van der Waals surface area contributed by atoms with Crippen molar-refractivity contribution >= 4 is 28.3 Å². The van der Waals surface area contributed by atoms with Gasteiger partial charge in [-0.3, -0.25) is 9.69 Å². The molecule has 1 N–H and O–H groups in total. The molecule has 0 aliphatic carbocycles. The molecular formula is C23H24N4O2. The lowest BCUT2D eigenvalue weighted by atomic mass is 10.1. The Labute approximate surface area is 170 Å². The summed E-state index contributed by atoms with van der Waals surface area (Å²) in [5.41, 5.74) is 3.05. The molecule has 2 aliphatic heterocycles. The van der Waals surface area contributed by atoms with Gasteiger partial charge in [0.25, 0.3) is 5.91 Å². The SMILES string of the molecule is O=C1COc2ccc(CCN3CCN(c4ccc5ccccc5n4)CC3)cc2N1. The minimum atomic E-state index is -0.0897. The number of piperazine rings is 1. The Balaban J connectivity index is 1.17. The minimum absolute atomic E-state index is 0.0897. The van der Waals surface area contributed by atoms with E-state index < -0.39 is 0 Å². The summed E-state index contributed by atoms with van der Waals surface area (Å²) in [7, 11) is 0. The molecule has 2 aromatic carbocycles. The van der Waals surface area contributed by atoms with Gasteiger partial charge in [-0.1, -0.05) is 24.3 Å². The molecule has 29 heavy (non-hydrogen) atoms. The highest BCUT2D eigenvalue weighted by Gasteiger charge is 2.19. The number of carbonyl (C=O) groups excluding carboxylic acids is 1. The number of aromatic nitrogens is 1. The van der Waals surface area contributed by atoms with Crippen molar-refractivity contribution in [2.75, 3.05) is 49.5 Å². The van der Waals surface area contributed by atoms with E-state index in [1.165, 1.54) is 10.9 Å². The number of nitrogens with one attached hydrogen (secondary N) is 1. The van der Waals surface area contributed by atoms with Crippen LogP contribution in [0.25, 0.3) is 10.9 Å². The van der Waals surface area contributed by atoms with Crippen LogP contribution in [0.1, 0.15) is 5.56 Å². The lowest BCUT2D eigenvalue weighted by molar-refractivity contribution is -0.118. The van der Waals surface area contributed by atoms with Gasteiger partial charge in [0, 0.05) is 38.1 Å². The van der Waals surface area contributed by atoms with Crippen molar-refractivity contribution in [3.63, 3.8) is 0 Å². The summed E-state index contributed by atoms with van der Waals surface area (Å²) >= 11 is 0. The van der Waals surface area contributed by atoms with Crippen LogP contribution in [0.15, 0.2) is 54.6 Å². The van der Waals surface area contributed by atoms with Gasteiger partial charge < -0.3 is 15.0 Å². The molecule has 1 fully saturated rings. The molecule has 0 saturated carbocycles. The lowest BCUT2D eigenvalue weighted by Crippen LogP contribution is -2.47. The van der Waals surface area contributed by atoms with Crippen molar-refractivity contribution in [2.45, 2.75) is 6.42 Å². The quantitative estimate of drug-likeness (QED) is 0.745. The maximum absolute atomic E-state index is 11.5. The number of fused-ring (bicyclic) bond motifs is 2. The molecule has 3 aromatic rings. The van der Waals surface area contributed by atoms with Crippen LogP contribution in [0, 0.1) is 0 Å². The highest BCUT2D eigenvalue weighted by Crippen LogP contribution is 2.28. The van der Waals surface area contributed by atoms with Crippen LogP contribution in [0.4, 0.5) is 11.5 Å². The molecule has 1 amide bonds. The standard InChI is InChI=1S/C23H24N4O2/c28-23-16-29-21-7-5-17(15-20(21)25-23)9-10-26-11-13-27(14-12-26)22-8-6-18-3-1-2-4-19(18)24-22/h1-8,15H,9-14,16H2,(H,25,28). The van der Waals surface area contributed by atoms with Crippen LogP contribution in [-0.4, -0.2) is 55.1 Å². The third-order valence-corrected chi connectivity index (χ3v) is 5.67. The van der Waals surface area contributed by atoms with Crippen LogP contribution in [-0.2, 0) is 11.2 Å².